The lowest BCUT2D eigenvalue weighted by Crippen LogP contribution is -2.41. The fourth-order valence-corrected chi connectivity index (χ4v) is 5.16. The van der Waals surface area contributed by atoms with E-state index in [0.29, 0.717) is 28.4 Å². The highest BCUT2D eigenvalue weighted by molar-refractivity contribution is 7.15. The molecule has 4 N–H and O–H groups in total. The minimum absolute atomic E-state index is 0.191. The zero-order chi connectivity index (χ0) is 20.0. The van der Waals surface area contributed by atoms with Gasteiger partial charge in [-0.25, -0.2) is 0 Å². The predicted molar refractivity (Wildman–Crippen MR) is 104 cm³/mol. The first-order chi connectivity index (χ1) is 13.4. The molecule has 2 amide bonds. The number of nitrogens with two attached hydrogens (primary N) is 1. The molecule has 4 rings (SSSR count). The fourth-order valence-electron chi connectivity index (χ4n) is 4.06. The van der Waals surface area contributed by atoms with Crippen LogP contribution in [0.1, 0.15) is 23.2 Å². The third-order valence-corrected chi connectivity index (χ3v) is 6.44. The molecule has 2 bridgehead atoms. The Morgan fingerprint density at radius 2 is 1.79 bits per heavy atom. The van der Waals surface area contributed by atoms with E-state index in [1.807, 2.05) is 0 Å². The number of halogens is 1. The van der Waals surface area contributed by atoms with Gasteiger partial charge in [-0.15, -0.1) is 11.3 Å². The van der Waals surface area contributed by atoms with Crippen molar-refractivity contribution in [3.63, 3.8) is 0 Å². The smallest absolute Gasteiger partial charge is 0.310 e. The van der Waals surface area contributed by atoms with Crippen LogP contribution in [0.15, 0.2) is 29.6 Å². The van der Waals surface area contributed by atoms with Crippen LogP contribution in [0.3, 0.4) is 0 Å². The molecule has 4 unspecified atom stereocenters. The number of carbonyl (C=O) groups is 3. The molecule has 2 fully saturated rings. The van der Waals surface area contributed by atoms with Gasteiger partial charge in [0.25, 0.3) is 5.91 Å². The van der Waals surface area contributed by atoms with E-state index in [2.05, 4.69) is 5.32 Å². The van der Waals surface area contributed by atoms with Gasteiger partial charge in [0, 0.05) is 16.0 Å². The van der Waals surface area contributed by atoms with Gasteiger partial charge >= 0.3 is 5.97 Å². The number of benzene rings is 1. The van der Waals surface area contributed by atoms with Gasteiger partial charge in [0.15, 0.2) is 0 Å². The number of primary amides is 1. The number of aliphatic carboxylic acids is 1. The summed E-state index contributed by atoms with van der Waals surface area (Å²) in [5.74, 6) is -3.87. The van der Waals surface area contributed by atoms with Crippen LogP contribution in [0.25, 0.3) is 11.1 Å². The molecule has 2 aromatic rings. The number of hydrogen-bond donors (Lipinski definition) is 3. The van der Waals surface area contributed by atoms with Crippen LogP contribution >= 0.6 is 22.9 Å². The number of nitrogens with one attached hydrogen (secondary N) is 1. The average molecular weight is 421 g/mol. The van der Waals surface area contributed by atoms with Gasteiger partial charge in [0.2, 0.25) is 5.91 Å². The maximum absolute atomic E-state index is 12.9. The molecular weight excluding hydrogens is 404 g/mol. The zero-order valence-electron chi connectivity index (χ0n) is 14.6. The Balaban J connectivity index is 1.63. The third-order valence-electron chi connectivity index (χ3n) is 5.29. The predicted octanol–water partition coefficient (Wildman–Crippen LogP) is 2.98. The van der Waals surface area contributed by atoms with Gasteiger partial charge in [-0.05, 0) is 30.5 Å². The number of amides is 2. The molecule has 0 spiro atoms. The van der Waals surface area contributed by atoms with Crippen molar-refractivity contribution in [2.45, 2.75) is 25.0 Å². The van der Waals surface area contributed by atoms with Crippen molar-refractivity contribution in [2.75, 3.05) is 5.32 Å². The molecule has 3 heterocycles. The van der Waals surface area contributed by atoms with Crippen LogP contribution in [-0.2, 0) is 14.3 Å². The maximum Gasteiger partial charge on any atom is 0.310 e. The molecule has 2 saturated heterocycles. The van der Waals surface area contributed by atoms with E-state index in [1.165, 1.54) is 11.3 Å². The molecule has 1 aromatic carbocycles. The summed E-state index contributed by atoms with van der Waals surface area (Å²) >= 11 is 7.08. The number of hydrogen-bond acceptors (Lipinski definition) is 5. The van der Waals surface area contributed by atoms with Crippen molar-refractivity contribution in [1.29, 1.82) is 0 Å². The van der Waals surface area contributed by atoms with Crippen molar-refractivity contribution in [2.24, 2.45) is 17.6 Å². The van der Waals surface area contributed by atoms with E-state index in [-0.39, 0.29) is 5.56 Å². The first-order valence-corrected chi connectivity index (χ1v) is 9.99. The summed E-state index contributed by atoms with van der Waals surface area (Å²) in [6.45, 7) is 0. The highest BCUT2D eigenvalue weighted by Crippen LogP contribution is 2.45. The first kappa shape index (κ1) is 18.9. The summed E-state index contributed by atoms with van der Waals surface area (Å²) in [5.41, 5.74) is 7.08. The lowest BCUT2D eigenvalue weighted by Gasteiger charge is -2.23. The Labute approximate surface area is 169 Å². The molecule has 4 atom stereocenters. The van der Waals surface area contributed by atoms with E-state index in [4.69, 9.17) is 22.1 Å². The fraction of sp³-hybridized carbons (Fsp3) is 0.316. The molecule has 0 radical (unpaired) electrons. The number of carbonyl (C=O) groups excluding carboxylic acids is 2. The second-order valence-electron chi connectivity index (χ2n) is 6.89. The Morgan fingerprint density at radius 3 is 2.39 bits per heavy atom. The standard InChI is InChI=1S/C19H17ClN2O5S/c20-9-3-1-8(2-4-9)10-7-28-18(13(10)16(21)23)22-17(24)14-11-5-6-12(27-11)15(14)19(25)26/h1-4,7,11-12,14-15H,5-6H2,(H2,21,23)(H,22,24)(H,25,26). The molecule has 7 nitrogen and oxygen atoms in total. The number of anilines is 1. The quantitative estimate of drug-likeness (QED) is 0.687. The van der Waals surface area contributed by atoms with E-state index in [0.717, 1.165) is 5.56 Å². The number of carboxylic acids is 1. The molecule has 1 aromatic heterocycles. The lowest BCUT2D eigenvalue weighted by molar-refractivity contribution is -0.147. The van der Waals surface area contributed by atoms with Gasteiger partial charge in [-0.1, -0.05) is 23.7 Å². The zero-order valence-corrected chi connectivity index (χ0v) is 16.1. The number of carboxylic acid groups (broad SMARTS) is 1. The van der Waals surface area contributed by atoms with Crippen LogP contribution < -0.4 is 11.1 Å². The van der Waals surface area contributed by atoms with Crippen molar-refractivity contribution >= 4 is 45.7 Å². The third kappa shape index (κ3) is 3.17. The summed E-state index contributed by atoms with van der Waals surface area (Å²) in [4.78, 5) is 36.6. The second kappa shape index (κ2) is 7.20. The molecule has 28 heavy (non-hydrogen) atoms. The lowest BCUT2D eigenvalue weighted by atomic mass is 9.78. The van der Waals surface area contributed by atoms with Gasteiger partial charge in [0.1, 0.15) is 5.00 Å². The minimum Gasteiger partial charge on any atom is -0.481 e. The monoisotopic (exact) mass is 420 g/mol. The Morgan fingerprint density at radius 1 is 1.14 bits per heavy atom. The van der Waals surface area contributed by atoms with E-state index in [1.54, 1.807) is 29.6 Å². The largest absolute Gasteiger partial charge is 0.481 e. The molecule has 2 aliphatic heterocycles. The summed E-state index contributed by atoms with van der Waals surface area (Å²) < 4.78 is 5.64. The number of ether oxygens (including phenoxy) is 1. The van der Waals surface area contributed by atoms with Crippen LogP contribution in [0.5, 0.6) is 0 Å². The topological polar surface area (TPSA) is 119 Å². The summed E-state index contributed by atoms with van der Waals surface area (Å²) in [7, 11) is 0. The van der Waals surface area contributed by atoms with E-state index >= 15 is 0 Å². The molecule has 0 aliphatic carbocycles. The normalized spacial score (nSPS) is 25.6. The number of thiophene rings is 1. The van der Waals surface area contributed by atoms with Crippen molar-refractivity contribution in [3.8, 4) is 11.1 Å². The van der Waals surface area contributed by atoms with Gasteiger partial charge in [-0.3, -0.25) is 14.4 Å². The number of fused-ring (bicyclic) bond motifs is 2. The highest BCUT2D eigenvalue weighted by atomic mass is 35.5. The van der Waals surface area contributed by atoms with E-state index in [9.17, 15) is 19.5 Å². The molecule has 9 heteroatoms. The minimum atomic E-state index is -1.05. The Kier molecular flexibility index (Phi) is 4.86. The van der Waals surface area contributed by atoms with Gasteiger partial charge < -0.3 is 20.9 Å². The summed E-state index contributed by atoms with van der Waals surface area (Å²) in [5, 5.41) is 14.8. The summed E-state index contributed by atoms with van der Waals surface area (Å²) in [6.07, 6.45) is 0.425. The molecular formula is C19H17ClN2O5S. The van der Waals surface area contributed by atoms with Crippen LogP contribution in [0.4, 0.5) is 5.00 Å². The van der Waals surface area contributed by atoms with Crippen molar-refractivity contribution < 1.29 is 24.2 Å². The van der Waals surface area contributed by atoms with Gasteiger partial charge in [-0.2, -0.15) is 0 Å². The Bertz CT molecular complexity index is 958. The van der Waals surface area contributed by atoms with Gasteiger partial charge in [0.05, 0.1) is 29.6 Å². The van der Waals surface area contributed by atoms with Crippen molar-refractivity contribution in [3.05, 3.63) is 40.2 Å². The SMILES string of the molecule is NC(=O)c1c(-c2ccc(Cl)cc2)csc1NC(=O)C1C2CCC(O2)C1C(=O)O. The molecule has 146 valence electrons. The van der Waals surface area contributed by atoms with Crippen LogP contribution in [0.2, 0.25) is 5.02 Å². The summed E-state index contributed by atoms with van der Waals surface area (Å²) in [6, 6.07) is 6.91. The van der Waals surface area contributed by atoms with Crippen LogP contribution in [0, 0.1) is 11.8 Å². The Hall–Kier alpha value is -2.42. The van der Waals surface area contributed by atoms with E-state index < -0.39 is 41.8 Å². The molecule has 2 aliphatic rings. The molecule has 0 saturated carbocycles. The maximum atomic E-state index is 12.9. The highest BCUT2D eigenvalue weighted by Gasteiger charge is 2.55. The van der Waals surface area contributed by atoms with Crippen molar-refractivity contribution in [1.82, 2.24) is 0 Å². The first-order valence-electron chi connectivity index (χ1n) is 8.73. The van der Waals surface area contributed by atoms with Crippen LogP contribution in [-0.4, -0.2) is 35.1 Å². The second-order valence-corrected chi connectivity index (χ2v) is 8.21. The number of rotatable bonds is 5. The average Bonchev–Trinajstić information content (AvgIpc) is 3.35.